The van der Waals surface area contributed by atoms with Crippen molar-refractivity contribution in [1.29, 1.82) is 0 Å². The molecule has 0 spiro atoms. The number of rotatable bonds is 6. The molecule has 3 rings (SSSR count). The van der Waals surface area contributed by atoms with Gasteiger partial charge in [0.15, 0.2) is 11.5 Å². The predicted octanol–water partition coefficient (Wildman–Crippen LogP) is 2.22. The van der Waals surface area contributed by atoms with E-state index in [0.29, 0.717) is 50.8 Å². The molecule has 0 bridgehead atoms. The van der Waals surface area contributed by atoms with Crippen LogP contribution in [0.2, 0.25) is 0 Å². The van der Waals surface area contributed by atoms with Gasteiger partial charge in [0.25, 0.3) is 0 Å². The van der Waals surface area contributed by atoms with Crippen molar-refractivity contribution in [1.82, 2.24) is 15.1 Å². The van der Waals surface area contributed by atoms with Gasteiger partial charge in [0, 0.05) is 38.1 Å². The van der Waals surface area contributed by atoms with Crippen molar-refractivity contribution in [2.24, 2.45) is 0 Å². The molecular formula is C20H29N3O5. The second-order valence-corrected chi connectivity index (χ2v) is 7.18. The van der Waals surface area contributed by atoms with E-state index in [1.807, 2.05) is 18.2 Å². The molecule has 1 heterocycles. The lowest BCUT2D eigenvalue weighted by Crippen LogP contribution is -2.54. The highest BCUT2D eigenvalue weighted by molar-refractivity contribution is 5.75. The molecule has 1 aliphatic carbocycles. The minimum absolute atomic E-state index is 0.0397. The van der Waals surface area contributed by atoms with Gasteiger partial charge in [-0.05, 0) is 37.5 Å². The van der Waals surface area contributed by atoms with Gasteiger partial charge in [0.05, 0.1) is 20.8 Å². The molecule has 2 aliphatic rings. The van der Waals surface area contributed by atoms with Crippen LogP contribution in [0.25, 0.3) is 0 Å². The van der Waals surface area contributed by atoms with E-state index in [4.69, 9.17) is 14.2 Å². The second kappa shape index (κ2) is 8.58. The fourth-order valence-electron chi connectivity index (χ4n) is 3.55. The zero-order chi connectivity index (χ0) is 20.1. The Kier molecular flexibility index (Phi) is 6.16. The molecule has 1 N–H and O–H groups in total. The standard InChI is InChI=1S/C20H29N3O5/c1-4-28-19(25)23-11-9-22(10-12-23)18(24)21-14-20(7-8-20)15-5-6-16(26-2)17(13-15)27-3/h5-6,13H,4,7-12,14H2,1-3H3,(H,21,24). The number of hydrogen-bond donors (Lipinski definition) is 1. The minimum atomic E-state index is -0.312. The van der Waals surface area contributed by atoms with E-state index in [1.54, 1.807) is 30.9 Å². The molecule has 1 saturated heterocycles. The van der Waals surface area contributed by atoms with Gasteiger partial charge >= 0.3 is 12.1 Å². The highest BCUT2D eigenvalue weighted by Crippen LogP contribution is 2.49. The lowest BCUT2D eigenvalue weighted by atomic mass is 9.95. The first-order valence-electron chi connectivity index (χ1n) is 9.70. The molecule has 28 heavy (non-hydrogen) atoms. The SMILES string of the molecule is CCOC(=O)N1CCN(C(=O)NCC2(c3ccc(OC)c(OC)c3)CC2)CC1. The number of carbonyl (C=O) groups excluding carboxylic acids is 2. The normalized spacial score (nSPS) is 17.7. The highest BCUT2D eigenvalue weighted by atomic mass is 16.6. The molecule has 0 radical (unpaired) electrons. The minimum Gasteiger partial charge on any atom is -0.493 e. The van der Waals surface area contributed by atoms with Gasteiger partial charge in [0.1, 0.15) is 0 Å². The summed E-state index contributed by atoms with van der Waals surface area (Å²) in [7, 11) is 3.24. The third-order valence-corrected chi connectivity index (χ3v) is 5.52. The van der Waals surface area contributed by atoms with Gasteiger partial charge in [-0.15, -0.1) is 0 Å². The maximum Gasteiger partial charge on any atom is 0.409 e. The summed E-state index contributed by atoms with van der Waals surface area (Å²) in [6.45, 7) is 4.73. The van der Waals surface area contributed by atoms with Crippen molar-refractivity contribution >= 4 is 12.1 Å². The first kappa shape index (κ1) is 20.1. The van der Waals surface area contributed by atoms with Crippen LogP contribution in [0.1, 0.15) is 25.3 Å². The Bertz CT molecular complexity index is 712. The fourth-order valence-corrected chi connectivity index (χ4v) is 3.55. The quantitative estimate of drug-likeness (QED) is 0.804. The summed E-state index contributed by atoms with van der Waals surface area (Å²) in [5.74, 6) is 1.40. The van der Waals surface area contributed by atoms with Gasteiger partial charge in [0.2, 0.25) is 0 Å². The molecule has 1 aromatic rings. The largest absolute Gasteiger partial charge is 0.493 e. The second-order valence-electron chi connectivity index (χ2n) is 7.18. The number of nitrogens with one attached hydrogen (secondary N) is 1. The van der Waals surface area contributed by atoms with Crippen molar-refractivity contribution in [3.63, 3.8) is 0 Å². The Morgan fingerprint density at radius 3 is 2.25 bits per heavy atom. The molecule has 0 aromatic heterocycles. The third kappa shape index (κ3) is 4.26. The average Bonchev–Trinajstić information content (AvgIpc) is 3.53. The average molecular weight is 391 g/mol. The molecule has 8 nitrogen and oxygen atoms in total. The molecule has 1 saturated carbocycles. The van der Waals surface area contributed by atoms with E-state index in [9.17, 15) is 9.59 Å². The number of nitrogens with zero attached hydrogens (tertiary/aromatic N) is 2. The summed E-state index contributed by atoms with van der Waals surface area (Å²) in [5.41, 5.74) is 1.11. The van der Waals surface area contributed by atoms with E-state index in [2.05, 4.69) is 5.32 Å². The van der Waals surface area contributed by atoms with E-state index < -0.39 is 0 Å². The van der Waals surface area contributed by atoms with Crippen LogP contribution in [0.5, 0.6) is 11.5 Å². The zero-order valence-corrected chi connectivity index (χ0v) is 16.8. The molecule has 3 amide bonds. The maximum atomic E-state index is 12.6. The van der Waals surface area contributed by atoms with E-state index in [-0.39, 0.29) is 17.5 Å². The molecule has 1 aromatic carbocycles. The highest BCUT2D eigenvalue weighted by Gasteiger charge is 2.45. The zero-order valence-electron chi connectivity index (χ0n) is 16.8. The van der Waals surface area contributed by atoms with Crippen LogP contribution in [0.15, 0.2) is 18.2 Å². The molecule has 154 valence electrons. The predicted molar refractivity (Wildman–Crippen MR) is 104 cm³/mol. The number of ether oxygens (including phenoxy) is 3. The maximum absolute atomic E-state index is 12.6. The Morgan fingerprint density at radius 2 is 1.68 bits per heavy atom. The van der Waals surface area contributed by atoms with Crippen molar-refractivity contribution in [2.45, 2.75) is 25.2 Å². The van der Waals surface area contributed by atoms with Gasteiger partial charge in [-0.25, -0.2) is 9.59 Å². The van der Waals surface area contributed by atoms with E-state index >= 15 is 0 Å². The first-order valence-corrected chi connectivity index (χ1v) is 9.70. The van der Waals surface area contributed by atoms with Crippen LogP contribution in [-0.2, 0) is 10.2 Å². The molecular weight excluding hydrogens is 362 g/mol. The molecule has 2 fully saturated rings. The number of methoxy groups -OCH3 is 2. The lowest BCUT2D eigenvalue weighted by molar-refractivity contribution is 0.0851. The van der Waals surface area contributed by atoms with Crippen LogP contribution in [0.3, 0.4) is 0 Å². The third-order valence-electron chi connectivity index (χ3n) is 5.52. The topological polar surface area (TPSA) is 80.3 Å². The van der Waals surface area contributed by atoms with Gasteiger partial charge in [-0.2, -0.15) is 0 Å². The lowest BCUT2D eigenvalue weighted by Gasteiger charge is -2.34. The Hall–Kier alpha value is -2.64. The van der Waals surface area contributed by atoms with Gasteiger partial charge < -0.3 is 29.3 Å². The Labute approximate surface area is 165 Å². The van der Waals surface area contributed by atoms with Crippen molar-refractivity contribution in [3.8, 4) is 11.5 Å². The summed E-state index contributed by atoms with van der Waals surface area (Å²) in [5, 5.41) is 3.07. The number of piperazine rings is 1. The van der Waals surface area contributed by atoms with Crippen LogP contribution >= 0.6 is 0 Å². The number of benzene rings is 1. The number of carbonyl (C=O) groups is 2. The summed E-state index contributed by atoms with van der Waals surface area (Å²) in [6, 6.07) is 5.86. The number of urea groups is 1. The fraction of sp³-hybridized carbons (Fsp3) is 0.600. The van der Waals surface area contributed by atoms with Gasteiger partial charge in [-0.1, -0.05) is 6.07 Å². The van der Waals surface area contributed by atoms with E-state index in [0.717, 1.165) is 18.4 Å². The van der Waals surface area contributed by atoms with Crippen LogP contribution in [-0.4, -0.2) is 75.5 Å². The van der Waals surface area contributed by atoms with E-state index in [1.165, 1.54) is 0 Å². The first-order chi connectivity index (χ1) is 13.5. The molecule has 0 atom stereocenters. The van der Waals surface area contributed by atoms with Crippen LogP contribution in [0.4, 0.5) is 9.59 Å². The summed E-state index contributed by atoms with van der Waals surface area (Å²) < 4.78 is 15.7. The van der Waals surface area contributed by atoms with Crippen molar-refractivity contribution < 1.29 is 23.8 Å². The summed E-state index contributed by atoms with van der Waals surface area (Å²) >= 11 is 0. The summed E-state index contributed by atoms with van der Waals surface area (Å²) in [6.07, 6.45) is 1.74. The molecule has 1 aliphatic heterocycles. The number of hydrogen-bond acceptors (Lipinski definition) is 5. The monoisotopic (exact) mass is 391 g/mol. The van der Waals surface area contributed by atoms with Gasteiger partial charge in [-0.3, -0.25) is 0 Å². The van der Waals surface area contributed by atoms with Crippen molar-refractivity contribution in [2.75, 3.05) is 53.6 Å². The van der Waals surface area contributed by atoms with Crippen molar-refractivity contribution in [3.05, 3.63) is 23.8 Å². The smallest absolute Gasteiger partial charge is 0.409 e. The molecule has 0 unspecified atom stereocenters. The number of amides is 3. The Balaban J connectivity index is 1.53. The molecule has 8 heteroatoms. The van der Waals surface area contributed by atoms with Crippen LogP contribution < -0.4 is 14.8 Å². The van der Waals surface area contributed by atoms with Crippen LogP contribution in [0, 0.1) is 0 Å². The Morgan fingerprint density at radius 1 is 1.04 bits per heavy atom. The summed E-state index contributed by atoms with van der Waals surface area (Å²) in [4.78, 5) is 27.7.